The molecule has 0 saturated carbocycles. The summed E-state index contributed by atoms with van der Waals surface area (Å²) in [5, 5.41) is 0. The van der Waals surface area contributed by atoms with Crippen LogP contribution in [0.25, 0.3) is 0 Å². The zero-order valence-corrected chi connectivity index (χ0v) is 17.8. The number of aryl methyl sites for hydroxylation is 1. The Morgan fingerprint density at radius 1 is 0.833 bits per heavy atom. The maximum absolute atomic E-state index is 6.18. The van der Waals surface area contributed by atoms with Crippen molar-refractivity contribution in [2.75, 3.05) is 14.2 Å². The minimum Gasteiger partial charge on any atom is -0.497 e. The summed E-state index contributed by atoms with van der Waals surface area (Å²) >= 11 is 0. The van der Waals surface area contributed by atoms with Gasteiger partial charge in [-0.3, -0.25) is 0 Å². The molecule has 3 aromatic rings. The topological polar surface area (TPSA) is 49.3 Å². The second kappa shape index (κ2) is 10.3. The number of rotatable bonds is 8. The van der Waals surface area contributed by atoms with Gasteiger partial charge in [-0.2, -0.15) is 0 Å². The van der Waals surface area contributed by atoms with Crippen LogP contribution in [0.4, 0.5) is 5.69 Å². The third-order valence-electron chi connectivity index (χ3n) is 4.56. The average Bonchev–Trinajstić information content (AvgIpc) is 2.79. The maximum Gasteiger partial charge on any atom is 0.236 e. The van der Waals surface area contributed by atoms with Crippen LogP contribution < -0.4 is 18.9 Å². The van der Waals surface area contributed by atoms with E-state index in [1.807, 2.05) is 73.7 Å². The van der Waals surface area contributed by atoms with Gasteiger partial charge in [0.1, 0.15) is 11.5 Å². The Balaban J connectivity index is 1.91. The number of ether oxygens (including phenoxy) is 4. The molecule has 156 valence electrons. The average molecular weight is 405 g/mol. The maximum atomic E-state index is 6.18. The predicted molar refractivity (Wildman–Crippen MR) is 120 cm³/mol. The van der Waals surface area contributed by atoms with E-state index in [9.17, 15) is 0 Å². The largest absolute Gasteiger partial charge is 0.497 e. The number of hydrogen-bond donors (Lipinski definition) is 0. The number of methoxy groups -OCH3 is 2. The van der Waals surface area contributed by atoms with E-state index in [2.05, 4.69) is 13.0 Å². The van der Waals surface area contributed by atoms with Gasteiger partial charge in [0.25, 0.3) is 0 Å². The molecule has 0 aliphatic carbocycles. The van der Waals surface area contributed by atoms with Crippen molar-refractivity contribution in [2.24, 2.45) is 4.99 Å². The van der Waals surface area contributed by atoms with Gasteiger partial charge in [-0.25, -0.2) is 4.99 Å². The van der Waals surface area contributed by atoms with Crippen molar-refractivity contribution in [3.63, 3.8) is 0 Å². The molecular weight excluding hydrogens is 378 g/mol. The fourth-order valence-corrected chi connectivity index (χ4v) is 2.89. The van der Waals surface area contributed by atoms with Gasteiger partial charge in [0.2, 0.25) is 5.90 Å². The van der Waals surface area contributed by atoms with Gasteiger partial charge < -0.3 is 18.9 Å². The molecule has 1 atom stereocenters. The van der Waals surface area contributed by atoms with Crippen LogP contribution in [0.3, 0.4) is 0 Å². The molecule has 5 heteroatoms. The van der Waals surface area contributed by atoms with Crippen LogP contribution in [0.2, 0.25) is 0 Å². The number of benzene rings is 3. The first kappa shape index (κ1) is 21.2. The van der Waals surface area contributed by atoms with Crippen LogP contribution in [-0.2, 0) is 6.42 Å². The Morgan fingerprint density at radius 3 is 2.23 bits per heavy atom. The monoisotopic (exact) mass is 405 g/mol. The molecule has 0 saturated heterocycles. The third kappa shape index (κ3) is 5.54. The number of nitrogens with zero attached hydrogens (tertiary/aromatic N) is 1. The Kier molecular flexibility index (Phi) is 7.33. The summed E-state index contributed by atoms with van der Waals surface area (Å²) < 4.78 is 22.9. The van der Waals surface area contributed by atoms with E-state index in [1.165, 1.54) is 5.56 Å². The lowest BCUT2D eigenvalue weighted by atomic mass is 10.2. The van der Waals surface area contributed by atoms with Crippen LogP contribution in [0, 0.1) is 0 Å². The van der Waals surface area contributed by atoms with Crippen LogP contribution in [0.1, 0.15) is 19.4 Å². The summed E-state index contributed by atoms with van der Waals surface area (Å²) in [6.07, 6.45) is 0.476. The third-order valence-corrected chi connectivity index (χ3v) is 4.56. The van der Waals surface area contributed by atoms with E-state index < -0.39 is 6.10 Å². The van der Waals surface area contributed by atoms with Crippen molar-refractivity contribution in [3.05, 3.63) is 78.4 Å². The molecular formula is C25H27NO4. The van der Waals surface area contributed by atoms with Crippen LogP contribution in [0.15, 0.2) is 77.8 Å². The van der Waals surface area contributed by atoms with E-state index >= 15 is 0 Å². The Bertz CT molecular complexity index is 982. The van der Waals surface area contributed by atoms with E-state index in [1.54, 1.807) is 14.2 Å². The zero-order valence-electron chi connectivity index (χ0n) is 17.8. The van der Waals surface area contributed by atoms with Gasteiger partial charge in [0.15, 0.2) is 17.6 Å². The molecule has 30 heavy (non-hydrogen) atoms. The summed E-state index contributed by atoms with van der Waals surface area (Å²) in [5.74, 6) is 3.21. The highest BCUT2D eigenvalue weighted by molar-refractivity contribution is 5.85. The van der Waals surface area contributed by atoms with Crippen molar-refractivity contribution in [1.82, 2.24) is 0 Å². The lowest BCUT2D eigenvalue weighted by molar-refractivity contribution is 0.249. The van der Waals surface area contributed by atoms with Gasteiger partial charge >= 0.3 is 0 Å². The van der Waals surface area contributed by atoms with Crippen LogP contribution >= 0.6 is 0 Å². The van der Waals surface area contributed by atoms with Gasteiger partial charge in [-0.05, 0) is 67.4 Å². The lowest BCUT2D eigenvalue weighted by Crippen LogP contribution is -2.29. The summed E-state index contributed by atoms with van der Waals surface area (Å²) in [6.45, 7) is 4.01. The fourth-order valence-electron chi connectivity index (χ4n) is 2.89. The molecule has 0 aliphatic heterocycles. The number of aliphatic imine (C=N–C) groups is 1. The second-order valence-corrected chi connectivity index (χ2v) is 6.66. The van der Waals surface area contributed by atoms with Crippen molar-refractivity contribution < 1.29 is 18.9 Å². The normalized spacial score (nSPS) is 12.2. The first-order valence-electron chi connectivity index (χ1n) is 9.92. The van der Waals surface area contributed by atoms with Gasteiger partial charge in [-0.1, -0.05) is 31.2 Å². The fraction of sp³-hybridized carbons (Fsp3) is 0.240. The van der Waals surface area contributed by atoms with Crippen molar-refractivity contribution in [2.45, 2.75) is 26.4 Å². The van der Waals surface area contributed by atoms with Crippen LogP contribution in [-0.4, -0.2) is 26.2 Å². The smallest absolute Gasteiger partial charge is 0.236 e. The SMILES string of the molecule is CCc1cccc(OC(=Nc2ccc(OC)cc2)C(C)Oc2ccccc2OC)c1. The molecule has 0 amide bonds. The van der Waals surface area contributed by atoms with Crippen molar-refractivity contribution in [1.29, 1.82) is 0 Å². The number of para-hydroxylation sites is 2. The Labute approximate surface area is 177 Å². The summed E-state index contributed by atoms with van der Waals surface area (Å²) in [5.41, 5.74) is 1.93. The molecule has 0 fully saturated rings. The van der Waals surface area contributed by atoms with Gasteiger partial charge in [0, 0.05) is 0 Å². The molecule has 3 rings (SSSR count). The highest BCUT2D eigenvalue weighted by Crippen LogP contribution is 2.28. The molecule has 3 aromatic carbocycles. The minimum absolute atomic E-state index is 0.444. The van der Waals surface area contributed by atoms with Gasteiger partial charge in [-0.15, -0.1) is 0 Å². The Hall–Kier alpha value is -3.47. The van der Waals surface area contributed by atoms with Crippen molar-refractivity contribution in [3.8, 4) is 23.0 Å². The summed E-state index contributed by atoms with van der Waals surface area (Å²) in [6, 6.07) is 23.0. The zero-order chi connectivity index (χ0) is 21.3. The highest BCUT2D eigenvalue weighted by Gasteiger charge is 2.18. The highest BCUT2D eigenvalue weighted by atomic mass is 16.6. The molecule has 5 nitrogen and oxygen atoms in total. The molecule has 0 radical (unpaired) electrons. The lowest BCUT2D eigenvalue weighted by Gasteiger charge is -2.19. The quantitative estimate of drug-likeness (QED) is 0.349. The molecule has 0 aromatic heterocycles. The summed E-state index contributed by atoms with van der Waals surface area (Å²) in [4.78, 5) is 4.71. The second-order valence-electron chi connectivity index (χ2n) is 6.66. The standard InChI is InChI=1S/C25H27NO4/c1-5-19-9-8-10-22(17-19)30-25(26-20-13-15-21(27-3)16-14-20)18(2)29-24-12-7-6-11-23(24)28-4/h6-18H,5H2,1-4H3. The van der Waals surface area contributed by atoms with E-state index in [4.69, 9.17) is 23.9 Å². The van der Waals surface area contributed by atoms with E-state index in [-0.39, 0.29) is 0 Å². The van der Waals surface area contributed by atoms with E-state index in [0.29, 0.717) is 17.4 Å². The first-order chi connectivity index (χ1) is 14.6. The molecule has 0 N–H and O–H groups in total. The molecule has 0 heterocycles. The molecule has 0 spiro atoms. The van der Waals surface area contributed by atoms with Crippen LogP contribution in [0.5, 0.6) is 23.0 Å². The molecule has 0 bridgehead atoms. The minimum atomic E-state index is -0.450. The summed E-state index contributed by atoms with van der Waals surface area (Å²) in [7, 11) is 3.25. The molecule has 0 aliphatic rings. The Morgan fingerprint density at radius 2 is 1.57 bits per heavy atom. The van der Waals surface area contributed by atoms with Crippen molar-refractivity contribution >= 4 is 11.6 Å². The number of hydrogen-bond acceptors (Lipinski definition) is 5. The van der Waals surface area contributed by atoms with E-state index in [0.717, 1.165) is 23.6 Å². The van der Waals surface area contributed by atoms with Gasteiger partial charge in [0.05, 0.1) is 19.9 Å². The predicted octanol–water partition coefficient (Wildman–Crippen LogP) is 5.84. The first-order valence-corrected chi connectivity index (χ1v) is 9.92. The molecule has 1 unspecified atom stereocenters.